The summed E-state index contributed by atoms with van der Waals surface area (Å²) in [6.07, 6.45) is 0.872. The van der Waals surface area contributed by atoms with Crippen molar-refractivity contribution in [2.75, 3.05) is 7.11 Å². The van der Waals surface area contributed by atoms with Crippen molar-refractivity contribution < 1.29 is 24.2 Å². The maximum atomic E-state index is 12.2. The fourth-order valence-corrected chi connectivity index (χ4v) is 1.74. The molecule has 1 heterocycles. The molecule has 0 spiro atoms. The molecule has 0 radical (unpaired) electrons. The number of hydrogen-bond donors (Lipinski definition) is 1. The molecule has 0 aliphatic rings. The van der Waals surface area contributed by atoms with Gasteiger partial charge in [-0.25, -0.2) is 4.98 Å². The Morgan fingerprint density at radius 1 is 1.36 bits per heavy atom. The number of rotatable bonds is 5. The maximum absolute atomic E-state index is 12.2. The number of halogens is 1. The molecule has 122 valence electrons. The molecular weight excluding hydrogens is 356 g/mol. The van der Waals surface area contributed by atoms with Crippen LogP contribution < -0.4 is 4.74 Å². The zero-order valence-corrected chi connectivity index (χ0v) is 14.7. The van der Waals surface area contributed by atoms with Crippen molar-refractivity contribution in [3.8, 4) is 5.88 Å². The van der Waals surface area contributed by atoms with Crippen LogP contribution in [0.25, 0.3) is 0 Å². The lowest BCUT2D eigenvalue weighted by Gasteiger charge is -2.27. The first-order chi connectivity index (χ1) is 10.1. The lowest BCUT2D eigenvalue weighted by atomic mass is 9.90. The maximum Gasteiger partial charge on any atom is 0.328 e. The van der Waals surface area contributed by atoms with E-state index in [1.54, 1.807) is 6.92 Å². The molecular formula is C14H19BrN2O5. The van der Waals surface area contributed by atoms with Gasteiger partial charge in [-0.1, -0.05) is 20.8 Å². The van der Waals surface area contributed by atoms with Crippen LogP contribution in [-0.2, 0) is 14.3 Å². The SMILES string of the molecule is COc1nc(C(C(=O)O)C(=O)OC(C)C(C)(C)C)ncc1Br. The van der Waals surface area contributed by atoms with Gasteiger partial charge in [-0.15, -0.1) is 0 Å². The van der Waals surface area contributed by atoms with Gasteiger partial charge in [-0.3, -0.25) is 9.59 Å². The van der Waals surface area contributed by atoms with Crippen LogP contribution in [0.5, 0.6) is 5.88 Å². The highest BCUT2D eigenvalue weighted by molar-refractivity contribution is 9.10. The topological polar surface area (TPSA) is 98.6 Å². The van der Waals surface area contributed by atoms with E-state index in [1.165, 1.54) is 13.3 Å². The van der Waals surface area contributed by atoms with Crippen LogP contribution in [0.4, 0.5) is 0 Å². The van der Waals surface area contributed by atoms with Crippen molar-refractivity contribution in [1.29, 1.82) is 0 Å². The quantitative estimate of drug-likeness (QED) is 0.623. The molecule has 0 amide bonds. The van der Waals surface area contributed by atoms with E-state index in [9.17, 15) is 14.7 Å². The molecule has 22 heavy (non-hydrogen) atoms. The van der Waals surface area contributed by atoms with Crippen LogP contribution in [0, 0.1) is 5.41 Å². The van der Waals surface area contributed by atoms with Crippen LogP contribution in [0.2, 0.25) is 0 Å². The zero-order chi connectivity index (χ0) is 17.1. The molecule has 0 saturated heterocycles. The van der Waals surface area contributed by atoms with E-state index in [4.69, 9.17) is 9.47 Å². The van der Waals surface area contributed by atoms with Crippen LogP contribution in [0.1, 0.15) is 39.4 Å². The molecule has 0 aliphatic carbocycles. The summed E-state index contributed by atoms with van der Waals surface area (Å²) in [4.78, 5) is 31.4. The third-order valence-electron chi connectivity index (χ3n) is 3.18. The minimum absolute atomic E-state index is 0.146. The van der Waals surface area contributed by atoms with E-state index in [2.05, 4.69) is 25.9 Å². The van der Waals surface area contributed by atoms with E-state index in [1.807, 2.05) is 20.8 Å². The number of methoxy groups -OCH3 is 1. The average Bonchev–Trinajstić information content (AvgIpc) is 2.39. The first-order valence-electron chi connectivity index (χ1n) is 6.57. The Balaban J connectivity index is 3.09. The van der Waals surface area contributed by atoms with E-state index in [-0.39, 0.29) is 17.1 Å². The minimum Gasteiger partial charge on any atom is -0.480 e. The van der Waals surface area contributed by atoms with Gasteiger partial charge in [0.2, 0.25) is 11.8 Å². The second-order valence-corrected chi connectivity index (χ2v) is 6.66. The first-order valence-corrected chi connectivity index (χ1v) is 7.37. The fraction of sp³-hybridized carbons (Fsp3) is 0.571. The number of ether oxygens (including phenoxy) is 2. The minimum atomic E-state index is -1.60. The Labute approximate surface area is 137 Å². The Bertz CT molecular complexity index is 571. The summed E-state index contributed by atoms with van der Waals surface area (Å²) in [5.74, 6) is -3.92. The van der Waals surface area contributed by atoms with Gasteiger partial charge in [0.1, 0.15) is 6.10 Å². The molecule has 0 bridgehead atoms. The molecule has 0 fully saturated rings. The molecule has 2 unspecified atom stereocenters. The third-order valence-corrected chi connectivity index (χ3v) is 3.72. The second-order valence-electron chi connectivity index (χ2n) is 5.80. The highest BCUT2D eigenvalue weighted by atomic mass is 79.9. The molecule has 8 heteroatoms. The van der Waals surface area contributed by atoms with Crippen molar-refractivity contribution in [3.63, 3.8) is 0 Å². The normalized spacial score (nSPS) is 14.1. The number of carbonyl (C=O) groups is 2. The van der Waals surface area contributed by atoms with Crippen molar-refractivity contribution in [1.82, 2.24) is 9.97 Å². The molecule has 1 aromatic rings. The number of hydrogen-bond acceptors (Lipinski definition) is 6. The lowest BCUT2D eigenvalue weighted by Crippen LogP contribution is -2.34. The van der Waals surface area contributed by atoms with Gasteiger partial charge >= 0.3 is 11.9 Å². The summed E-state index contributed by atoms with van der Waals surface area (Å²) in [6, 6.07) is 0. The van der Waals surface area contributed by atoms with E-state index >= 15 is 0 Å². The first kappa shape index (κ1) is 18.3. The van der Waals surface area contributed by atoms with E-state index < -0.39 is 24.0 Å². The van der Waals surface area contributed by atoms with Crippen molar-refractivity contribution >= 4 is 27.9 Å². The van der Waals surface area contributed by atoms with Crippen LogP contribution in [-0.4, -0.2) is 40.2 Å². The summed E-state index contributed by atoms with van der Waals surface area (Å²) in [7, 11) is 1.38. The Morgan fingerprint density at radius 2 is 1.95 bits per heavy atom. The summed E-state index contributed by atoms with van der Waals surface area (Å²) < 4.78 is 10.7. The summed E-state index contributed by atoms with van der Waals surface area (Å²) in [5.41, 5.74) is -0.309. The summed E-state index contributed by atoms with van der Waals surface area (Å²) in [5, 5.41) is 9.31. The number of aromatic nitrogens is 2. The predicted octanol–water partition coefficient (Wildman–Crippen LogP) is 2.39. The van der Waals surface area contributed by atoms with Gasteiger partial charge < -0.3 is 14.6 Å². The number of esters is 1. The third kappa shape index (κ3) is 4.40. The molecule has 0 aliphatic heterocycles. The average molecular weight is 375 g/mol. The van der Waals surface area contributed by atoms with Gasteiger partial charge in [0, 0.05) is 6.20 Å². The van der Waals surface area contributed by atoms with Gasteiger partial charge in [0.05, 0.1) is 11.6 Å². The Hall–Kier alpha value is -1.70. The fourth-order valence-electron chi connectivity index (χ4n) is 1.38. The van der Waals surface area contributed by atoms with Crippen molar-refractivity contribution in [2.45, 2.75) is 39.7 Å². The Kier molecular flexibility index (Phi) is 5.87. The number of carboxylic acids is 1. The predicted molar refractivity (Wildman–Crippen MR) is 81.7 cm³/mol. The van der Waals surface area contributed by atoms with Crippen molar-refractivity contribution in [3.05, 3.63) is 16.5 Å². The van der Waals surface area contributed by atoms with Crippen molar-refractivity contribution in [2.24, 2.45) is 5.41 Å². The van der Waals surface area contributed by atoms with E-state index in [0.717, 1.165) is 0 Å². The lowest BCUT2D eigenvalue weighted by molar-refractivity contribution is -0.161. The smallest absolute Gasteiger partial charge is 0.328 e. The number of aliphatic carboxylic acids is 1. The van der Waals surface area contributed by atoms with Crippen LogP contribution >= 0.6 is 15.9 Å². The summed E-state index contributed by atoms with van der Waals surface area (Å²) >= 11 is 3.17. The number of carboxylic acid groups (broad SMARTS) is 1. The molecule has 2 atom stereocenters. The molecule has 0 saturated carbocycles. The Morgan fingerprint density at radius 3 is 2.41 bits per heavy atom. The zero-order valence-electron chi connectivity index (χ0n) is 13.1. The van der Waals surface area contributed by atoms with Gasteiger partial charge in [-0.05, 0) is 28.3 Å². The summed E-state index contributed by atoms with van der Waals surface area (Å²) in [6.45, 7) is 7.37. The number of nitrogens with zero attached hydrogens (tertiary/aromatic N) is 2. The van der Waals surface area contributed by atoms with Gasteiger partial charge in [0.15, 0.2) is 5.82 Å². The number of carbonyl (C=O) groups excluding carboxylic acids is 1. The van der Waals surface area contributed by atoms with E-state index in [0.29, 0.717) is 4.47 Å². The second kappa shape index (κ2) is 7.04. The largest absolute Gasteiger partial charge is 0.480 e. The highest BCUT2D eigenvalue weighted by Gasteiger charge is 2.36. The molecule has 0 aromatic carbocycles. The molecule has 1 N–H and O–H groups in total. The van der Waals surface area contributed by atoms with Crippen LogP contribution in [0.15, 0.2) is 10.7 Å². The highest BCUT2D eigenvalue weighted by Crippen LogP contribution is 2.27. The van der Waals surface area contributed by atoms with Gasteiger partial charge in [0.25, 0.3) is 0 Å². The van der Waals surface area contributed by atoms with Gasteiger partial charge in [-0.2, -0.15) is 4.98 Å². The monoisotopic (exact) mass is 374 g/mol. The van der Waals surface area contributed by atoms with Crippen LogP contribution in [0.3, 0.4) is 0 Å². The molecule has 1 aromatic heterocycles. The molecule has 7 nitrogen and oxygen atoms in total. The molecule has 1 rings (SSSR count). The standard InChI is InChI=1S/C14H19BrN2O5/c1-7(14(2,3)4)22-13(20)9(12(18)19)10-16-6-8(15)11(17-10)21-5/h6-7,9H,1-5H3,(H,18,19).